The Labute approximate surface area is 141 Å². The second-order valence-corrected chi connectivity index (χ2v) is 7.97. The molecule has 0 aromatic heterocycles. The summed E-state index contributed by atoms with van der Waals surface area (Å²) in [7, 11) is -3.68. The van der Waals surface area contributed by atoms with Crippen LogP contribution in [0.1, 0.15) is 32.1 Å². The Bertz CT molecular complexity index is 689. The molecule has 0 unspecified atom stereocenters. The van der Waals surface area contributed by atoms with Gasteiger partial charge in [-0.1, -0.05) is 19.3 Å². The highest BCUT2D eigenvalue weighted by Crippen LogP contribution is 2.24. The molecule has 1 aliphatic carbocycles. The summed E-state index contributed by atoms with van der Waals surface area (Å²) in [6.45, 7) is 0.0732. The molecule has 1 aliphatic rings. The van der Waals surface area contributed by atoms with Crippen LogP contribution in [0.25, 0.3) is 0 Å². The topological polar surface area (TPSA) is 66.5 Å². The SMILES string of the molecule is CS(=O)(=O)N(CCNC(=O)C1CCCCC1)c1ccc(F)c(F)c1. The van der Waals surface area contributed by atoms with E-state index in [2.05, 4.69) is 5.32 Å². The number of nitrogens with one attached hydrogen (secondary N) is 1. The van der Waals surface area contributed by atoms with Gasteiger partial charge in [0, 0.05) is 18.5 Å². The van der Waals surface area contributed by atoms with Gasteiger partial charge in [0.2, 0.25) is 15.9 Å². The zero-order chi connectivity index (χ0) is 17.7. The maximum Gasteiger partial charge on any atom is 0.232 e. The Kier molecular flexibility index (Phi) is 6.15. The average molecular weight is 360 g/mol. The molecule has 8 heteroatoms. The summed E-state index contributed by atoms with van der Waals surface area (Å²) in [5.74, 6) is -2.26. The number of rotatable bonds is 6. The molecule has 1 aromatic carbocycles. The molecule has 1 fully saturated rings. The summed E-state index contributed by atoms with van der Waals surface area (Å²) in [5, 5.41) is 2.74. The van der Waals surface area contributed by atoms with Crippen molar-refractivity contribution in [1.29, 1.82) is 0 Å². The second kappa shape index (κ2) is 7.92. The number of sulfonamides is 1. The lowest BCUT2D eigenvalue weighted by Gasteiger charge is -2.24. The standard InChI is InChI=1S/C16H22F2N2O3S/c1-24(22,23)20(13-7-8-14(17)15(18)11-13)10-9-19-16(21)12-5-3-2-4-6-12/h7-8,11-12H,2-6,9-10H2,1H3,(H,19,21). The van der Waals surface area contributed by atoms with E-state index in [0.717, 1.165) is 54.8 Å². The molecule has 0 spiro atoms. The first-order chi connectivity index (χ1) is 11.3. The van der Waals surface area contributed by atoms with E-state index >= 15 is 0 Å². The van der Waals surface area contributed by atoms with Crippen LogP contribution in [0.3, 0.4) is 0 Å². The summed E-state index contributed by atoms with van der Waals surface area (Å²) in [5.41, 5.74) is 0.0308. The van der Waals surface area contributed by atoms with Gasteiger partial charge in [0.15, 0.2) is 11.6 Å². The molecule has 134 valence electrons. The molecule has 0 heterocycles. The number of hydrogen-bond acceptors (Lipinski definition) is 3. The van der Waals surface area contributed by atoms with Crippen LogP contribution in [-0.2, 0) is 14.8 Å². The highest BCUT2D eigenvalue weighted by atomic mass is 32.2. The van der Waals surface area contributed by atoms with E-state index in [9.17, 15) is 22.0 Å². The number of anilines is 1. The molecule has 1 saturated carbocycles. The van der Waals surface area contributed by atoms with Crippen molar-refractivity contribution in [1.82, 2.24) is 5.32 Å². The van der Waals surface area contributed by atoms with Gasteiger partial charge >= 0.3 is 0 Å². The van der Waals surface area contributed by atoms with Gasteiger partial charge in [0.25, 0.3) is 0 Å². The third kappa shape index (κ3) is 4.90. The molecule has 0 saturated heterocycles. The summed E-state index contributed by atoms with van der Waals surface area (Å²) in [6, 6.07) is 2.91. The van der Waals surface area contributed by atoms with Crippen LogP contribution < -0.4 is 9.62 Å². The monoisotopic (exact) mass is 360 g/mol. The fourth-order valence-corrected chi connectivity index (χ4v) is 3.84. The maximum absolute atomic E-state index is 13.4. The van der Waals surface area contributed by atoms with Gasteiger partial charge in [-0.05, 0) is 25.0 Å². The van der Waals surface area contributed by atoms with E-state index < -0.39 is 21.7 Å². The summed E-state index contributed by atoms with van der Waals surface area (Å²) < 4.78 is 51.1. The first-order valence-electron chi connectivity index (χ1n) is 7.99. The fourth-order valence-electron chi connectivity index (χ4n) is 2.92. The first kappa shape index (κ1) is 18.6. The summed E-state index contributed by atoms with van der Waals surface area (Å²) in [4.78, 5) is 12.1. The van der Waals surface area contributed by atoms with Crippen LogP contribution in [0.4, 0.5) is 14.5 Å². The van der Waals surface area contributed by atoms with Crippen LogP contribution in [-0.4, -0.2) is 33.7 Å². The van der Waals surface area contributed by atoms with Crippen LogP contribution in [0.2, 0.25) is 0 Å². The minimum atomic E-state index is -3.68. The van der Waals surface area contributed by atoms with E-state index in [1.807, 2.05) is 0 Å². The van der Waals surface area contributed by atoms with Gasteiger partial charge in [-0.2, -0.15) is 0 Å². The van der Waals surface area contributed by atoms with Crippen LogP contribution in [0, 0.1) is 17.6 Å². The van der Waals surface area contributed by atoms with Crippen LogP contribution in [0.15, 0.2) is 18.2 Å². The molecule has 0 radical (unpaired) electrons. The molecule has 5 nitrogen and oxygen atoms in total. The number of hydrogen-bond donors (Lipinski definition) is 1. The average Bonchev–Trinajstić information content (AvgIpc) is 2.54. The zero-order valence-corrected chi connectivity index (χ0v) is 14.4. The van der Waals surface area contributed by atoms with Gasteiger partial charge in [-0.25, -0.2) is 17.2 Å². The lowest BCUT2D eigenvalue weighted by atomic mass is 9.89. The van der Waals surface area contributed by atoms with E-state index in [4.69, 9.17) is 0 Å². The van der Waals surface area contributed by atoms with Gasteiger partial charge in [-0.15, -0.1) is 0 Å². The molecule has 1 amide bonds. The van der Waals surface area contributed by atoms with E-state index in [0.29, 0.717) is 0 Å². The van der Waals surface area contributed by atoms with E-state index in [1.54, 1.807) is 0 Å². The van der Waals surface area contributed by atoms with E-state index in [-0.39, 0.29) is 30.6 Å². The molecule has 1 aromatic rings. The van der Waals surface area contributed by atoms with Gasteiger partial charge in [-0.3, -0.25) is 9.10 Å². The Hall–Kier alpha value is -1.70. The Balaban J connectivity index is 1.99. The second-order valence-electron chi connectivity index (χ2n) is 6.06. The van der Waals surface area contributed by atoms with Gasteiger partial charge < -0.3 is 5.32 Å². The smallest absolute Gasteiger partial charge is 0.232 e. The van der Waals surface area contributed by atoms with Crippen LogP contribution in [0.5, 0.6) is 0 Å². The highest BCUT2D eigenvalue weighted by molar-refractivity contribution is 7.92. The Morgan fingerprint density at radius 2 is 1.88 bits per heavy atom. The summed E-state index contributed by atoms with van der Waals surface area (Å²) in [6.07, 6.45) is 5.89. The lowest BCUT2D eigenvalue weighted by molar-refractivity contribution is -0.125. The number of carbonyl (C=O) groups is 1. The molecule has 0 atom stereocenters. The Morgan fingerprint density at radius 3 is 2.46 bits per heavy atom. The molecule has 0 bridgehead atoms. The molecule has 0 aliphatic heterocycles. The van der Waals surface area contributed by atoms with Crippen molar-refractivity contribution in [2.24, 2.45) is 5.92 Å². The number of halogens is 2. The fraction of sp³-hybridized carbons (Fsp3) is 0.562. The van der Waals surface area contributed by atoms with Crippen molar-refractivity contribution in [2.45, 2.75) is 32.1 Å². The molecule has 2 rings (SSSR count). The number of amides is 1. The van der Waals surface area contributed by atoms with Crippen molar-refractivity contribution in [3.63, 3.8) is 0 Å². The minimum absolute atomic E-state index is 0.0197. The number of benzene rings is 1. The van der Waals surface area contributed by atoms with Gasteiger partial charge in [0.05, 0.1) is 18.5 Å². The highest BCUT2D eigenvalue weighted by Gasteiger charge is 2.22. The molecular formula is C16H22F2N2O3S. The molecule has 24 heavy (non-hydrogen) atoms. The Morgan fingerprint density at radius 1 is 1.21 bits per heavy atom. The first-order valence-corrected chi connectivity index (χ1v) is 9.84. The van der Waals surface area contributed by atoms with Crippen molar-refractivity contribution in [2.75, 3.05) is 23.7 Å². The largest absolute Gasteiger partial charge is 0.354 e. The van der Waals surface area contributed by atoms with E-state index in [1.165, 1.54) is 6.07 Å². The predicted molar refractivity (Wildman–Crippen MR) is 88.1 cm³/mol. The van der Waals surface area contributed by atoms with Crippen molar-refractivity contribution in [3.05, 3.63) is 29.8 Å². The van der Waals surface area contributed by atoms with Crippen molar-refractivity contribution in [3.8, 4) is 0 Å². The van der Waals surface area contributed by atoms with Crippen LogP contribution >= 0.6 is 0 Å². The normalized spacial score (nSPS) is 16.0. The summed E-state index contributed by atoms with van der Waals surface area (Å²) >= 11 is 0. The molecular weight excluding hydrogens is 338 g/mol. The number of nitrogens with zero attached hydrogens (tertiary/aromatic N) is 1. The maximum atomic E-state index is 13.4. The molecule has 1 N–H and O–H groups in total. The zero-order valence-electron chi connectivity index (χ0n) is 13.6. The van der Waals surface area contributed by atoms with Gasteiger partial charge in [0.1, 0.15) is 0 Å². The minimum Gasteiger partial charge on any atom is -0.354 e. The number of carbonyl (C=O) groups excluding carboxylic acids is 1. The quantitative estimate of drug-likeness (QED) is 0.847. The van der Waals surface area contributed by atoms with Crippen molar-refractivity contribution < 1.29 is 22.0 Å². The third-order valence-electron chi connectivity index (χ3n) is 4.18. The third-order valence-corrected chi connectivity index (χ3v) is 5.38. The predicted octanol–water partition coefficient (Wildman–Crippen LogP) is 2.43. The van der Waals surface area contributed by atoms with Crippen molar-refractivity contribution >= 4 is 21.6 Å². The lowest BCUT2D eigenvalue weighted by Crippen LogP contribution is -2.40.